The lowest BCUT2D eigenvalue weighted by Gasteiger charge is -2.25. The second-order valence-corrected chi connectivity index (χ2v) is 3.70. The summed E-state index contributed by atoms with van der Waals surface area (Å²) in [7, 11) is 0. The predicted molar refractivity (Wildman–Crippen MR) is 51.1 cm³/mol. The molecule has 15 heavy (non-hydrogen) atoms. The minimum Gasteiger partial charge on any atom is -0.548 e. The third kappa shape index (κ3) is 2.60. The molecule has 4 N–H and O–H groups in total. The summed E-state index contributed by atoms with van der Waals surface area (Å²) >= 11 is 0. The number of carboxylic acids is 1. The van der Waals surface area contributed by atoms with E-state index in [-0.39, 0.29) is 17.9 Å². The molecule has 1 unspecified atom stereocenters. The minimum atomic E-state index is -1.50. The molecule has 1 aromatic carbocycles. The molecule has 0 heterocycles. The van der Waals surface area contributed by atoms with Crippen LogP contribution in [0.2, 0.25) is 0 Å². The molecule has 0 spiro atoms. The molecule has 0 aliphatic heterocycles. The Hall–Kier alpha value is -1.75. The van der Waals surface area contributed by atoms with Gasteiger partial charge in [-0.25, -0.2) is 0 Å². The highest BCUT2D eigenvalue weighted by molar-refractivity contribution is 5.76. The maximum Gasteiger partial charge on any atom is 0.157 e. The zero-order valence-corrected chi connectivity index (χ0v) is 8.23. The number of aliphatic carboxylic acids is 1. The Morgan fingerprint density at radius 2 is 2.07 bits per heavy atom. The van der Waals surface area contributed by atoms with Gasteiger partial charge in [0, 0.05) is 0 Å². The highest BCUT2D eigenvalue weighted by atomic mass is 16.4. The molecule has 0 radical (unpaired) electrons. The first kappa shape index (κ1) is 11.3. The lowest BCUT2D eigenvalue weighted by atomic mass is 9.94. The van der Waals surface area contributed by atoms with E-state index in [1.807, 2.05) is 0 Å². The Labute approximate surface area is 86.8 Å². The van der Waals surface area contributed by atoms with E-state index in [9.17, 15) is 15.0 Å². The first-order valence-corrected chi connectivity index (χ1v) is 4.34. The van der Waals surface area contributed by atoms with E-state index in [4.69, 9.17) is 10.8 Å². The van der Waals surface area contributed by atoms with Crippen molar-refractivity contribution in [1.29, 1.82) is 0 Å². The second kappa shape index (κ2) is 3.78. The number of aromatic hydroxyl groups is 2. The summed E-state index contributed by atoms with van der Waals surface area (Å²) < 4.78 is 0. The van der Waals surface area contributed by atoms with Crippen molar-refractivity contribution in [3.05, 3.63) is 23.8 Å². The van der Waals surface area contributed by atoms with Crippen LogP contribution < -0.4 is 10.8 Å². The van der Waals surface area contributed by atoms with Crippen LogP contribution >= 0.6 is 0 Å². The largest absolute Gasteiger partial charge is 0.548 e. The molecule has 1 rings (SSSR count). The number of carbonyl (C=O) groups is 1. The molecule has 0 bridgehead atoms. The maximum absolute atomic E-state index is 10.6. The van der Waals surface area contributed by atoms with E-state index >= 15 is 0 Å². The molecule has 1 atom stereocenters. The number of benzene rings is 1. The summed E-state index contributed by atoms with van der Waals surface area (Å²) in [5.41, 5.74) is 4.49. The highest BCUT2D eigenvalue weighted by Gasteiger charge is 2.20. The van der Waals surface area contributed by atoms with E-state index < -0.39 is 11.5 Å². The van der Waals surface area contributed by atoms with Gasteiger partial charge >= 0.3 is 0 Å². The van der Waals surface area contributed by atoms with Gasteiger partial charge < -0.3 is 25.8 Å². The van der Waals surface area contributed by atoms with E-state index in [0.717, 1.165) is 0 Å². The van der Waals surface area contributed by atoms with E-state index in [0.29, 0.717) is 5.56 Å². The van der Waals surface area contributed by atoms with Crippen LogP contribution in [0.3, 0.4) is 0 Å². The number of phenolic OH excluding ortho intramolecular Hbond substituents is 2. The summed E-state index contributed by atoms with van der Waals surface area (Å²) in [5, 5.41) is 28.9. The summed E-state index contributed by atoms with van der Waals surface area (Å²) in [6, 6.07) is 4.03. The molecule has 0 saturated heterocycles. The van der Waals surface area contributed by atoms with Gasteiger partial charge in [0.1, 0.15) is 0 Å². The molecule has 5 heteroatoms. The van der Waals surface area contributed by atoms with Crippen molar-refractivity contribution < 1.29 is 20.1 Å². The van der Waals surface area contributed by atoms with Gasteiger partial charge in [0.2, 0.25) is 0 Å². The molecular formula is C10H12NO4-. The third-order valence-corrected chi connectivity index (χ3v) is 2.08. The molecule has 0 aliphatic carbocycles. The Morgan fingerprint density at radius 3 is 2.53 bits per heavy atom. The third-order valence-electron chi connectivity index (χ3n) is 2.08. The van der Waals surface area contributed by atoms with Crippen LogP contribution in [0.4, 0.5) is 0 Å². The topological polar surface area (TPSA) is 107 Å². The monoisotopic (exact) mass is 210 g/mol. The van der Waals surface area contributed by atoms with E-state index in [1.54, 1.807) is 0 Å². The number of hydrogen-bond acceptors (Lipinski definition) is 5. The van der Waals surface area contributed by atoms with Gasteiger partial charge in [-0.1, -0.05) is 6.07 Å². The van der Waals surface area contributed by atoms with Crippen LogP contribution in [0.5, 0.6) is 11.5 Å². The fourth-order valence-corrected chi connectivity index (χ4v) is 1.18. The average molecular weight is 210 g/mol. The Balaban J connectivity index is 2.91. The van der Waals surface area contributed by atoms with E-state index in [2.05, 4.69) is 0 Å². The molecule has 0 fully saturated rings. The van der Waals surface area contributed by atoms with Crippen molar-refractivity contribution in [2.75, 3.05) is 0 Å². The van der Waals surface area contributed by atoms with Crippen LogP contribution in [0.15, 0.2) is 18.2 Å². The fourth-order valence-electron chi connectivity index (χ4n) is 1.18. The van der Waals surface area contributed by atoms with Crippen LogP contribution in [-0.4, -0.2) is 21.7 Å². The van der Waals surface area contributed by atoms with Gasteiger partial charge in [-0.2, -0.15) is 0 Å². The molecular weight excluding hydrogens is 198 g/mol. The fraction of sp³-hybridized carbons (Fsp3) is 0.300. The molecule has 5 nitrogen and oxygen atoms in total. The standard InChI is InChI=1S/C10H13NO4/c1-10(11,9(14)15)5-6-2-3-7(12)8(13)4-6/h2-4,12-13H,5,11H2,1H3,(H,14,15)/p-1. The van der Waals surface area contributed by atoms with Gasteiger partial charge in [-0.3, -0.25) is 0 Å². The number of hydrogen-bond donors (Lipinski definition) is 3. The number of carbonyl (C=O) groups excluding carboxylic acids is 1. The lowest BCUT2D eigenvalue weighted by molar-refractivity contribution is -0.312. The van der Waals surface area contributed by atoms with Crippen molar-refractivity contribution in [3.8, 4) is 11.5 Å². The van der Waals surface area contributed by atoms with Gasteiger partial charge in [0.05, 0.1) is 11.5 Å². The summed E-state index contributed by atoms with van der Waals surface area (Å²) in [6.07, 6.45) is 0.0170. The van der Waals surface area contributed by atoms with Crippen molar-refractivity contribution in [3.63, 3.8) is 0 Å². The Kier molecular flexibility index (Phi) is 2.85. The number of nitrogens with two attached hydrogens (primary N) is 1. The zero-order valence-electron chi connectivity index (χ0n) is 8.23. The van der Waals surface area contributed by atoms with Crippen LogP contribution in [0.1, 0.15) is 12.5 Å². The van der Waals surface area contributed by atoms with Crippen molar-refractivity contribution in [1.82, 2.24) is 0 Å². The number of carboxylic acid groups (broad SMARTS) is 1. The smallest absolute Gasteiger partial charge is 0.157 e. The highest BCUT2D eigenvalue weighted by Crippen LogP contribution is 2.26. The summed E-state index contributed by atoms with van der Waals surface area (Å²) in [6.45, 7) is 1.33. The first-order valence-electron chi connectivity index (χ1n) is 4.34. The Bertz CT molecular complexity index is 387. The van der Waals surface area contributed by atoms with Crippen molar-refractivity contribution in [2.45, 2.75) is 18.9 Å². The maximum atomic E-state index is 10.6. The first-order chi connectivity index (χ1) is 6.83. The molecule has 0 saturated carbocycles. The number of phenols is 2. The van der Waals surface area contributed by atoms with Crippen LogP contribution in [-0.2, 0) is 11.2 Å². The molecule has 0 amide bonds. The van der Waals surface area contributed by atoms with Crippen LogP contribution in [0.25, 0.3) is 0 Å². The van der Waals surface area contributed by atoms with Crippen molar-refractivity contribution >= 4 is 5.97 Å². The lowest BCUT2D eigenvalue weighted by Crippen LogP contribution is -2.54. The molecule has 0 aliphatic rings. The Morgan fingerprint density at radius 1 is 1.47 bits per heavy atom. The molecule has 0 aromatic heterocycles. The SMILES string of the molecule is CC(N)(Cc1ccc(O)c(O)c1)C(=O)[O-]. The summed E-state index contributed by atoms with van der Waals surface area (Å²) in [4.78, 5) is 10.6. The minimum absolute atomic E-state index is 0.0170. The normalized spacial score (nSPS) is 14.5. The zero-order chi connectivity index (χ0) is 11.6. The quantitative estimate of drug-likeness (QED) is 0.561. The van der Waals surface area contributed by atoms with Gasteiger partial charge in [-0.15, -0.1) is 0 Å². The number of rotatable bonds is 3. The predicted octanol–water partition coefficient (Wildman–Crippen LogP) is -0.892. The summed E-state index contributed by atoms with van der Waals surface area (Å²) in [5.74, 6) is -1.93. The second-order valence-electron chi connectivity index (χ2n) is 3.70. The van der Waals surface area contributed by atoms with E-state index in [1.165, 1.54) is 25.1 Å². The molecule has 1 aromatic rings. The average Bonchev–Trinajstić information content (AvgIpc) is 2.10. The molecule has 82 valence electrons. The van der Waals surface area contributed by atoms with Crippen molar-refractivity contribution in [2.24, 2.45) is 5.73 Å². The van der Waals surface area contributed by atoms with Gasteiger partial charge in [-0.05, 0) is 31.0 Å². The van der Waals surface area contributed by atoms with Gasteiger partial charge in [0.25, 0.3) is 0 Å². The van der Waals surface area contributed by atoms with Crippen LogP contribution in [0, 0.1) is 0 Å². The van der Waals surface area contributed by atoms with Gasteiger partial charge in [0.15, 0.2) is 11.5 Å².